The molecule has 1 heterocycles. The summed E-state index contributed by atoms with van der Waals surface area (Å²) in [6.07, 6.45) is 4.01. The van der Waals surface area contributed by atoms with Gasteiger partial charge in [-0.05, 0) is 32.9 Å². The number of carbonyl (C=O) groups excluding carboxylic acids is 1. The zero-order valence-electron chi connectivity index (χ0n) is 8.38. The van der Waals surface area contributed by atoms with Crippen molar-refractivity contribution in [2.45, 2.75) is 31.7 Å². The molecule has 0 spiro atoms. The van der Waals surface area contributed by atoms with Gasteiger partial charge in [0.1, 0.15) is 0 Å². The maximum atomic E-state index is 11.6. The lowest BCUT2D eigenvalue weighted by molar-refractivity contribution is -0.125. The summed E-state index contributed by atoms with van der Waals surface area (Å²) in [5.74, 6) is 0.188. The summed E-state index contributed by atoms with van der Waals surface area (Å²) in [7, 11) is 2.01. The number of nitrogens with zero attached hydrogens (tertiary/aromatic N) is 1. The lowest BCUT2D eigenvalue weighted by atomic mass is 10.2. The molecule has 0 saturated carbocycles. The number of hydrogen-bond acceptors (Lipinski definition) is 2. The van der Waals surface area contributed by atoms with Crippen LogP contribution in [0.4, 0.5) is 0 Å². The number of rotatable bonds is 4. The number of likely N-dealkylation sites (N-methyl/N-ethyl adjacent to an activating group) is 1. The van der Waals surface area contributed by atoms with Crippen LogP contribution >= 0.6 is 0 Å². The Morgan fingerprint density at radius 1 is 1.69 bits per heavy atom. The molecule has 1 amide bonds. The fraction of sp³-hybridized carbons (Fsp3) is 0.800. The summed E-state index contributed by atoms with van der Waals surface area (Å²) in [4.78, 5) is 13.7. The smallest absolute Gasteiger partial charge is 0.237 e. The second-order valence-corrected chi connectivity index (χ2v) is 3.64. The molecule has 0 aliphatic carbocycles. The molecule has 0 aromatic heterocycles. The molecule has 0 bridgehead atoms. The van der Waals surface area contributed by atoms with Crippen molar-refractivity contribution in [3.8, 4) is 0 Å². The fourth-order valence-electron chi connectivity index (χ4n) is 1.70. The van der Waals surface area contributed by atoms with Gasteiger partial charge >= 0.3 is 0 Å². The van der Waals surface area contributed by atoms with E-state index >= 15 is 0 Å². The second kappa shape index (κ2) is 5.22. The highest BCUT2D eigenvalue weighted by Gasteiger charge is 2.26. The van der Waals surface area contributed by atoms with E-state index in [0.717, 1.165) is 38.8 Å². The van der Waals surface area contributed by atoms with Crippen molar-refractivity contribution in [3.05, 3.63) is 6.92 Å². The highest BCUT2D eigenvalue weighted by Crippen LogP contribution is 2.14. The summed E-state index contributed by atoms with van der Waals surface area (Å²) in [6.45, 7) is 5.55. The van der Waals surface area contributed by atoms with Gasteiger partial charge in [0.15, 0.2) is 0 Å². The van der Waals surface area contributed by atoms with Crippen molar-refractivity contribution in [1.82, 2.24) is 10.2 Å². The van der Waals surface area contributed by atoms with Crippen molar-refractivity contribution in [2.75, 3.05) is 20.1 Å². The molecule has 1 aliphatic heterocycles. The molecule has 1 N–H and O–H groups in total. The first kappa shape index (κ1) is 10.5. The van der Waals surface area contributed by atoms with Crippen LogP contribution in [0.15, 0.2) is 0 Å². The van der Waals surface area contributed by atoms with Crippen LogP contribution in [0.1, 0.15) is 25.7 Å². The van der Waals surface area contributed by atoms with E-state index in [0.29, 0.717) is 0 Å². The standard InChI is InChI=1S/C10H19N2O/c1-3-4-7-11-10(13)9-6-5-8-12(9)2/h9H,1,3-8H2,2H3,(H,11,13). The van der Waals surface area contributed by atoms with Gasteiger partial charge in [0.25, 0.3) is 0 Å². The Hall–Kier alpha value is -0.570. The maximum Gasteiger partial charge on any atom is 0.237 e. The van der Waals surface area contributed by atoms with Gasteiger partial charge in [0.05, 0.1) is 6.04 Å². The SMILES string of the molecule is [CH2]CCCNC(=O)C1CCCN1C. The minimum atomic E-state index is 0.116. The summed E-state index contributed by atoms with van der Waals surface area (Å²) in [5, 5.41) is 2.94. The lowest BCUT2D eigenvalue weighted by Crippen LogP contribution is -2.41. The van der Waals surface area contributed by atoms with E-state index in [1.165, 1.54) is 0 Å². The summed E-state index contributed by atoms with van der Waals surface area (Å²) >= 11 is 0. The van der Waals surface area contributed by atoms with E-state index in [-0.39, 0.29) is 11.9 Å². The Labute approximate surface area is 80.5 Å². The van der Waals surface area contributed by atoms with Crippen LogP contribution in [-0.2, 0) is 4.79 Å². The van der Waals surface area contributed by atoms with Crippen LogP contribution in [0.2, 0.25) is 0 Å². The molecular weight excluding hydrogens is 164 g/mol. The van der Waals surface area contributed by atoms with Crippen molar-refractivity contribution in [3.63, 3.8) is 0 Å². The van der Waals surface area contributed by atoms with Gasteiger partial charge in [0, 0.05) is 6.54 Å². The molecule has 3 heteroatoms. The van der Waals surface area contributed by atoms with Crippen LogP contribution in [0, 0.1) is 6.92 Å². The molecule has 1 aliphatic rings. The van der Waals surface area contributed by atoms with Crippen molar-refractivity contribution in [1.29, 1.82) is 0 Å². The molecule has 1 atom stereocenters. The Balaban J connectivity index is 2.22. The normalized spacial score (nSPS) is 23.4. The van der Waals surface area contributed by atoms with E-state index in [9.17, 15) is 4.79 Å². The molecule has 0 aromatic carbocycles. The molecule has 1 fully saturated rings. The molecule has 75 valence electrons. The largest absolute Gasteiger partial charge is 0.355 e. The van der Waals surface area contributed by atoms with Crippen LogP contribution in [0.5, 0.6) is 0 Å². The molecule has 1 rings (SSSR count). The van der Waals surface area contributed by atoms with E-state index in [1.54, 1.807) is 0 Å². The third-order valence-electron chi connectivity index (χ3n) is 2.55. The van der Waals surface area contributed by atoms with Crippen LogP contribution in [0.3, 0.4) is 0 Å². The van der Waals surface area contributed by atoms with Crippen molar-refractivity contribution >= 4 is 5.91 Å². The molecule has 3 nitrogen and oxygen atoms in total. The molecule has 1 unspecified atom stereocenters. The van der Waals surface area contributed by atoms with Gasteiger partial charge in [-0.25, -0.2) is 0 Å². The van der Waals surface area contributed by atoms with Crippen molar-refractivity contribution in [2.24, 2.45) is 0 Å². The van der Waals surface area contributed by atoms with Crippen LogP contribution in [-0.4, -0.2) is 37.0 Å². The minimum absolute atomic E-state index is 0.116. The highest BCUT2D eigenvalue weighted by molar-refractivity contribution is 5.81. The predicted octanol–water partition coefficient (Wildman–Crippen LogP) is 0.811. The van der Waals surface area contributed by atoms with Crippen LogP contribution < -0.4 is 5.32 Å². The average Bonchev–Trinajstić information content (AvgIpc) is 2.52. The first-order valence-corrected chi connectivity index (χ1v) is 5.03. The predicted molar refractivity (Wildman–Crippen MR) is 53.3 cm³/mol. The van der Waals surface area contributed by atoms with Gasteiger partial charge in [-0.1, -0.05) is 13.3 Å². The Morgan fingerprint density at radius 3 is 3.00 bits per heavy atom. The van der Waals surface area contributed by atoms with Crippen LogP contribution in [0.25, 0.3) is 0 Å². The lowest BCUT2D eigenvalue weighted by Gasteiger charge is -2.18. The molecule has 0 aromatic rings. The molecular formula is C10H19N2O. The van der Waals surface area contributed by atoms with Gasteiger partial charge in [0.2, 0.25) is 5.91 Å². The topological polar surface area (TPSA) is 32.3 Å². The third kappa shape index (κ3) is 2.99. The van der Waals surface area contributed by atoms with E-state index in [1.807, 2.05) is 7.05 Å². The number of nitrogens with one attached hydrogen (secondary N) is 1. The number of carbonyl (C=O) groups is 1. The minimum Gasteiger partial charge on any atom is -0.355 e. The molecule has 1 saturated heterocycles. The zero-order valence-corrected chi connectivity index (χ0v) is 8.38. The average molecular weight is 183 g/mol. The highest BCUT2D eigenvalue weighted by atomic mass is 16.2. The first-order chi connectivity index (χ1) is 6.25. The summed E-state index contributed by atoms with van der Waals surface area (Å²) < 4.78 is 0. The van der Waals surface area contributed by atoms with E-state index in [4.69, 9.17) is 0 Å². The maximum absolute atomic E-state index is 11.6. The fourth-order valence-corrected chi connectivity index (χ4v) is 1.70. The van der Waals surface area contributed by atoms with Gasteiger partial charge in [-0.15, -0.1) is 0 Å². The number of hydrogen-bond donors (Lipinski definition) is 1. The quantitative estimate of drug-likeness (QED) is 0.654. The van der Waals surface area contributed by atoms with E-state index in [2.05, 4.69) is 17.1 Å². The Kier molecular flexibility index (Phi) is 4.22. The van der Waals surface area contributed by atoms with Gasteiger partial charge in [-0.3, -0.25) is 9.69 Å². The van der Waals surface area contributed by atoms with Crippen molar-refractivity contribution < 1.29 is 4.79 Å². The number of likely N-dealkylation sites (tertiary alicyclic amines) is 1. The monoisotopic (exact) mass is 183 g/mol. The van der Waals surface area contributed by atoms with Gasteiger partial charge < -0.3 is 5.32 Å². The Bertz CT molecular complexity index is 170. The first-order valence-electron chi connectivity index (χ1n) is 5.03. The number of amides is 1. The zero-order chi connectivity index (χ0) is 9.68. The third-order valence-corrected chi connectivity index (χ3v) is 2.55. The van der Waals surface area contributed by atoms with E-state index < -0.39 is 0 Å². The number of unbranched alkanes of at least 4 members (excludes halogenated alkanes) is 1. The second-order valence-electron chi connectivity index (χ2n) is 3.64. The van der Waals surface area contributed by atoms with Gasteiger partial charge in [-0.2, -0.15) is 0 Å². The Morgan fingerprint density at radius 2 is 2.46 bits per heavy atom. The molecule has 1 radical (unpaired) electrons. The summed E-state index contributed by atoms with van der Waals surface area (Å²) in [5.41, 5.74) is 0. The molecule has 13 heavy (non-hydrogen) atoms. The summed E-state index contributed by atoms with van der Waals surface area (Å²) in [6, 6.07) is 0.116.